The number of rotatable bonds is 6. The van der Waals surface area contributed by atoms with Gasteiger partial charge in [0.15, 0.2) is 0 Å². The van der Waals surface area contributed by atoms with Crippen LogP contribution in [-0.2, 0) is 9.53 Å². The van der Waals surface area contributed by atoms with Crippen molar-refractivity contribution in [2.24, 2.45) is 5.92 Å². The lowest BCUT2D eigenvalue weighted by molar-refractivity contribution is -0.119. The topological polar surface area (TPSA) is 67.4 Å². The molecule has 0 spiro atoms. The smallest absolute Gasteiger partial charge is 0.341 e. The van der Waals surface area contributed by atoms with Gasteiger partial charge in [0, 0.05) is 17.3 Å². The first kappa shape index (κ1) is 15.7. The minimum atomic E-state index is -0.400. The van der Waals surface area contributed by atoms with Crippen molar-refractivity contribution in [3.8, 4) is 0 Å². The number of thiophene rings is 1. The highest BCUT2D eigenvalue weighted by atomic mass is 32.1. The third-order valence-corrected chi connectivity index (χ3v) is 3.51. The highest BCUT2D eigenvalue weighted by Crippen LogP contribution is 2.28. The van der Waals surface area contributed by atoms with E-state index in [0.717, 1.165) is 4.88 Å². The average molecular weight is 284 g/mol. The van der Waals surface area contributed by atoms with E-state index < -0.39 is 5.97 Å². The number of ether oxygens (including phenoxy) is 1. The van der Waals surface area contributed by atoms with Crippen LogP contribution in [0.2, 0.25) is 0 Å². The average Bonchev–Trinajstić information content (AvgIpc) is 2.71. The molecule has 0 radical (unpaired) electrons. The Labute approximate surface area is 117 Å². The van der Waals surface area contributed by atoms with E-state index in [1.54, 1.807) is 20.0 Å². The molecule has 0 fully saturated rings. The lowest BCUT2D eigenvalue weighted by Crippen LogP contribution is -2.28. The van der Waals surface area contributed by atoms with E-state index in [2.05, 4.69) is 10.6 Å². The Morgan fingerprint density at radius 1 is 1.47 bits per heavy atom. The number of nitrogens with one attached hydrogen (secondary N) is 2. The summed E-state index contributed by atoms with van der Waals surface area (Å²) in [5.41, 5.74) is 0.425. The van der Waals surface area contributed by atoms with E-state index >= 15 is 0 Å². The summed E-state index contributed by atoms with van der Waals surface area (Å²) in [5.74, 6) is -0.674. The molecule has 0 aromatic carbocycles. The summed E-state index contributed by atoms with van der Waals surface area (Å²) in [4.78, 5) is 24.7. The molecule has 1 atom stereocenters. The van der Waals surface area contributed by atoms with Crippen molar-refractivity contribution in [2.75, 3.05) is 25.5 Å². The Kier molecular flexibility index (Phi) is 5.98. The molecule has 0 saturated carbocycles. The molecular weight excluding hydrogens is 264 g/mol. The van der Waals surface area contributed by atoms with Crippen LogP contribution in [0, 0.1) is 12.8 Å². The zero-order valence-electron chi connectivity index (χ0n) is 11.7. The number of aryl methyl sites for hydroxylation is 1. The summed E-state index contributed by atoms with van der Waals surface area (Å²) < 4.78 is 4.98. The van der Waals surface area contributed by atoms with Crippen molar-refractivity contribution in [1.29, 1.82) is 0 Å². The Bertz CT molecular complexity index is 457. The first-order chi connectivity index (χ1) is 8.99. The minimum Gasteiger partial charge on any atom is -0.462 e. The van der Waals surface area contributed by atoms with Gasteiger partial charge in [-0.15, -0.1) is 11.3 Å². The monoisotopic (exact) mass is 284 g/mol. The predicted molar refractivity (Wildman–Crippen MR) is 76.7 cm³/mol. The van der Waals surface area contributed by atoms with Crippen molar-refractivity contribution in [3.05, 3.63) is 16.5 Å². The molecule has 1 rings (SSSR count). The Balaban J connectivity index is 2.83. The standard InChI is InChI=1S/C13H20N2O3S/c1-5-18-13(17)10-6-9(3)19-12(10)15-11(16)8(2)7-14-4/h6,8,14H,5,7H2,1-4H3,(H,15,16). The van der Waals surface area contributed by atoms with Gasteiger partial charge < -0.3 is 15.4 Å². The number of amides is 1. The number of hydrogen-bond donors (Lipinski definition) is 2. The number of anilines is 1. The summed E-state index contributed by atoms with van der Waals surface area (Å²) >= 11 is 1.38. The van der Waals surface area contributed by atoms with Crippen LogP contribution in [-0.4, -0.2) is 32.1 Å². The quantitative estimate of drug-likeness (QED) is 0.784. The lowest BCUT2D eigenvalue weighted by atomic mass is 10.1. The van der Waals surface area contributed by atoms with E-state index in [1.807, 2.05) is 13.8 Å². The van der Waals surface area contributed by atoms with Gasteiger partial charge in [-0.1, -0.05) is 6.92 Å². The van der Waals surface area contributed by atoms with Gasteiger partial charge in [0.05, 0.1) is 12.2 Å². The molecule has 0 aliphatic heterocycles. The summed E-state index contributed by atoms with van der Waals surface area (Å²) in [5, 5.41) is 6.30. The molecule has 1 unspecified atom stereocenters. The predicted octanol–water partition coefficient (Wildman–Crippen LogP) is 2.03. The molecule has 1 aromatic heterocycles. The summed E-state index contributed by atoms with van der Waals surface area (Å²) in [6, 6.07) is 1.74. The molecule has 0 saturated heterocycles. The van der Waals surface area contributed by atoms with E-state index in [-0.39, 0.29) is 11.8 Å². The van der Waals surface area contributed by atoms with Crippen molar-refractivity contribution in [3.63, 3.8) is 0 Å². The Morgan fingerprint density at radius 2 is 2.16 bits per heavy atom. The van der Waals surface area contributed by atoms with Crippen LogP contribution in [0.1, 0.15) is 29.1 Å². The second kappa shape index (κ2) is 7.25. The molecule has 1 amide bonds. The highest BCUT2D eigenvalue weighted by molar-refractivity contribution is 7.16. The van der Waals surface area contributed by atoms with Gasteiger partial charge in [-0.05, 0) is 27.0 Å². The van der Waals surface area contributed by atoms with Gasteiger partial charge in [-0.25, -0.2) is 4.79 Å². The van der Waals surface area contributed by atoms with E-state index in [1.165, 1.54) is 11.3 Å². The first-order valence-electron chi connectivity index (χ1n) is 6.22. The molecule has 1 aromatic rings. The van der Waals surface area contributed by atoms with Crippen molar-refractivity contribution >= 4 is 28.2 Å². The normalized spacial score (nSPS) is 12.0. The SMILES string of the molecule is CCOC(=O)c1cc(C)sc1NC(=O)C(C)CNC. The highest BCUT2D eigenvalue weighted by Gasteiger charge is 2.20. The molecule has 0 aliphatic rings. The van der Waals surface area contributed by atoms with Crippen LogP contribution in [0.15, 0.2) is 6.07 Å². The van der Waals surface area contributed by atoms with Gasteiger partial charge in [0.1, 0.15) is 5.00 Å². The molecule has 5 nitrogen and oxygen atoms in total. The van der Waals surface area contributed by atoms with Crippen LogP contribution in [0.25, 0.3) is 0 Å². The van der Waals surface area contributed by atoms with Crippen LogP contribution in [0.3, 0.4) is 0 Å². The maximum absolute atomic E-state index is 11.9. The maximum Gasteiger partial charge on any atom is 0.341 e. The Hall–Kier alpha value is -1.40. The third kappa shape index (κ3) is 4.33. The first-order valence-corrected chi connectivity index (χ1v) is 7.04. The molecule has 6 heteroatoms. The zero-order valence-corrected chi connectivity index (χ0v) is 12.5. The molecule has 19 heavy (non-hydrogen) atoms. The summed E-state index contributed by atoms with van der Waals surface area (Å²) in [6.07, 6.45) is 0. The molecule has 1 heterocycles. The second-order valence-electron chi connectivity index (χ2n) is 4.27. The zero-order chi connectivity index (χ0) is 14.4. The van der Waals surface area contributed by atoms with Crippen molar-refractivity contribution in [2.45, 2.75) is 20.8 Å². The summed E-state index contributed by atoms with van der Waals surface area (Å²) in [7, 11) is 1.79. The Morgan fingerprint density at radius 3 is 2.74 bits per heavy atom. The van der Waals surface area contributed by atoms with Gasteiger partial charge in [-0.2, -0.15) is 0 Å². The second-order valence-corrected chi connectivity index (χ2v) is 5.52. The van der Waals surface area contributed by atoms with Gasteiger partial charge in [-0.3, -0.25) is 4.79 Å². The fourth-order valence-electron chi connectivity index (χ4n) is 1.60. The van der Waals surface area contributed by atoms with Gasteiger partial charge in [0.25, 0.3) is 0 Å². The van der Waals surface area contributed by atoms with Gasteiger partial charge >= 0.3 is 5.97 Å². The fraction of sp³-hybridized carbons (Fsp3) is 0.538. The number of esters is 1. The van der Waals surface area contributed by atoms with Crippen molar-refractivity contribution in [1.82, 2.24) is 5.32 Å². The number of hydrogen-bond acceptors (Lipinski definition) is 5. The number of carbonyl (C=O) groups excluding carboxylic acids is 2. The summed E-state index contributed by atoms with van der Waals surface area (Å²) in [6.45, 7) is 6.38. The lowest BCUT2D eigenvalue weighted by Gasteiger charge is -2.11. The van der Waals surface area contributed by atoms with Crippen LogP contribution in [0.5, 0.6) is 0 Å². The largest absolute Gasteiger partial charge is 0.462 e. The van der Waals surface area contributed by atoms with Crippen LogP contribution < -0.4 is 10.6 Å². The molecule has 106 valence electrons. The maximum atomic E-state index is 11.9. The van der Waals surface area contributed by atoms with Crippen molar-refractivity contribution < 1.29 is 14.3 Å². The van der Waals surface area contributed by atoms with E-state index in [4.69, 9.17) is 4.74 Å². The van der Waals surface area contributed by atoms with Crippen LogP contribution >= 0.6 is 11.3 Å². The molecule has 0 bridgehead atoms. The minimum absolute atomic E-state index is 0.109. The fourth-order valence-corrected chi connectivity index (χ4v) is 2.50. The van der Waals surface area contributed by atoms with Gasteiger partial charge in [0.2, 0.25) is 5.91 Å². The molecule has 2 N–H and O–H groups in total. The van der Waals surface area contributed by atoms with Crippen LogP contribution in [0.4, 0.5) is 5.00 Å². The molecular formula is C13H20N2O3S. The third-order valence-electron chi connectivity index (χ3n) is 2.55. The van der Waals surface area contributed by atoms with E-state index in [0.29, 0.717) is 23.7 Å². The number of carbonyl (C=O) groups is 2. The van der Waals surface area contributed by atoms with E-state index in [9.17, 15) is 9.59 Å². The molecule has 0 aliphatic carbocycles.